The zero-order chi connectivity index (χ0) is 21.0. The van der Waals surface area contributed by atoms with Crippen LogP contribution in [0.1, 0.15) is 64.3 Å². The average molecular weight is 381 g/mol. The van der Waals surface area contributed by atoms with Gasteiger partial charge in [0.2, 0.25) is 0 Å². The molecule has 3 aromatic heterocycles. The molecule has 0 N–H and O–H groups in total. The molecule has 0 bridgehead atoms. The zero-order valence-electron chi connectivity index (χ0n) is 18.0. The predicted molar refractivity (Wildman–Crippen MR) is 106 cm³/mol. The van der Waals surface area contributed by atoms with Gasteiger partial charge in [-0.15, -0.1) is 20.0 Å². The van der Waals surface area contributed by atoms with Crippen molar-refractivity contribution in [1.82, 2.24) is 29.2 Å². The molecule has 3 heterocycles. The van der Waals surface area contributed by atoms with Gasteiger partial charge < -0.3 is 4.57 Å². The third kappa shape index (κ3) is 3.09. The quantitative estimate of drug-likeness (QED) is 0.626. The third-order valence-corrected chi connectivity index (χ3v) is 4.66. The van der Waals surface area contributed by atoms with Crippen LogP contribution in [0.2, 0.25) is 0 Å². The van der Waals surface area contributed by atoms with E-state index in [1.807, 2.05) is 39.3 Å². The summed E-state index contributed by atoms with van der Waals surface area (Å²) in [5.74, 6) is 1.26. The van der Waals surface area contributed by atoms with E-state index >= 15 is 0 Å². The van der Waals surface area contributed by atoms with Gasteiger partial charge in [-0.1, -0.05) is 41.5 Å². The Balaban J connectivity index is 2.23. The van der Waals surface area contributed by atoms with Crippen molar-refractivity contribution < 1.29 is 0 Å². The lowest BCUT2D eigenvalue weighted by atomic mass is 9.90. The molecule has 9 nitrogen and oxygen atoms in total. The molecule has 0 aliphatic carbocycles. The van der Waals surface area contributed by atoms with Gasteiger partial charge in [-0.05, 0) is 6.92 Å². The number of hydrogen-bond acceptors (Lipinski definition) is 6. The molecule has 0 unspecified atom stereocenters. The summed E-state index contributed by atoms with van der Waals surface area (Å²) >= 11 is 0. The number of aromatic nitrogens is 6. The molecule has 0 amide bonds. The Labute approximate surface area is 164 Å². The highest BCUT2D eigenvalue weighted by atomic mass is 15.5. The van der Waals surface area contributed by atoms with Crippen molar-refractivity contribution in [2.24, 2.45) is 24.3 Å². The first-order valence-corrected chi connectivity index (χ1v) is 9.18. The highest BCUT2D eigenvalue weighted by molar-refractivity contribution is 5.69. The lowest BCUT2D eigenvalue weighted by Crippen LogP contribution is -2.14. The van der Waals surface area contributed by atoms with Crippen molar-refractivity contribution >= 4 is 17.2 Å². The van der Waals surface area contributed by atoms with Crippen LogP contribution in [-0.4, -0.2) is 29.2 Å². The fraction of sp³-hybridized carbons (Fsp3) is 0.579. The summed E-state index contributed by atoms with van der Waals surface area (Å²) in [4.78, 5) is 0. The first-order valence-electron chi connectivity index (χ1n) is 9.18. The summed E-state index contributed by atoms with van der Waals surface area (Å²) in [6.07, 6.45) is 0. The van der Waals surface area contributed by atoms with Crippen molar-refractivity contribution in [1.29, 1.82) is 5.26 Å². The van der Waals surface area contributed by atoms with E-state index in [0.717, 1.165) is 17.2 Å². The summed E-state index contributed by atoms with van der Waals surface area (Å²) < 4.78 is 5.14. The SMILES string of the molecule is Cc1nn2nc(C(C)(C)C)c(/N=N/c3c(C#N)c(C(C)(C)C)nn3C)c2n1C. The largest absolute Gasteiger partial charge is 0.313 e. The number of aryl methyl sites for hydroxylation is 3. The molecule has 3 aromatic rings. The number of fused-ring (bicyclic) bond motifs is 1. The van der Waals surface area contributed by atoms with E-state index in [9.17, 15) is 5.26 Å². The van der Waals surface area contributed by atoms with Crippen LogP contribution in [-0.2, 0) is 24.9 Å². The van der Waals surface area contributed by atoms with E-state index in [1.165, 1.54) is 0 Å². The third-order valence-electron chi connectivity index (χ3n) is 4.66. The number of nitrogens with zero attached hydrogens (tertiary/aromatic N) is 9. The Kier molecular flexibility index (Phi) is 4.41. The van der Waals surface area contributed by atoms with E-state index in [2.05, 4.69) is 52.4 Å². The van der Waals surface area contributed by atoms with Crippen LogP contribution in [0.25, 0.3) is 5.65 Å². The lowest BCUT2D eigenvalue weighted by molar-refractivity contribution is 0.552. The monoisotopic (exact) mass is 381 g/mol. The zero-order valence-corrected chi connectivity index (χ0v) is 18.0. The Bertz CT molecular complexity index is 1120. The number of azo groups is 1. The highest BCUT2D eigenvalue weighted by Gasteiger charge is 2.29. The van der Waals surface area contributed by atoms with E-state index in [4.69, 9.17) is 0 Å². The molecule has 0 atom stereocenters. The van der Waals surface area contributed by atoms with Crippen LogP contribution in [0.3, 0.4) is 0 Å². The maximum atomic E-state index is 9.70. The van der Waals surface area contributed by atoms with Gasteiger partial charge in [-0.25, -0.2) is 4.68 Å². The molecule has 0 radical (unpaired) electrons. The van der Waals surface area contributed by atoms with Gasteiger partial charge in [0.05, 0.1) is 11.4 Å². The van der Waals surface area contributed by atoms with Crippen LogP contribution < -0.4 is 0 Å². The number of nitriles is 1. The molecular weight excluding hydrogens is 354 g/mol. The summed E-state index contributed by atoms with van der Waals surface area (Å²) in [6, 6.07) is 2.24. The second kappa shape index (κ2) is 6.26. The first kappa shape index (κ1) is 19.7. The molecule has 0 aromatic carbocycles. The molecule has 0 fully saturated rings. The van der Waals surface area contributed by atoms with E-state index in [-0.39, 0.29) is 10.8 Å². The summed E-state index contributed by atoms with van der Waals surface area (Å²) in [6.45, 7) is 14.2. The second-order valence-corrected chi connectivity index (χ2v) is 9.10. The molecular formula is C19H27N9. The maximum Gasteiger partial charge on any atom is 0.191 e. The van der Waals surface area contributed by atoms with Crippen molar-refractivity contribution in [3.05, 3.63) is 22.8 Å². The minimum absolute atomic E-state index is 0.239. The Morgan fingerprint density at radius 1 is 0.893 bits per heavy atom. The predicted octanol–water partition coefficient (Wildman–Crippen LogP) is 3.99. The minimum atomic E-state index is -0.267. The fourth-order valence-electron chi connectivity index (χ4n) is 3.06. The van der Waals surface area contributed by atoms with Gasteiger partial charge in [0, 0.05) is 24.9 Å². The molecule has 0 saturated heterocycles. The Morgan fingerprint density at radius 3 is 2.04 bits per heavy atom. The fourth-order valence-corrected chi connectivity index (χ4v) is 3.06. The molecule has 9 heteroatoms. The van der Waals surface area contributed by atoms with Crippen LogP contribution in [0.15, 0.2) is 10.2 Å². The molecule has 0 aliphatic rings. The Hall–Kier alpha value is -3.02. The van der Waals surface area contributed by atoms with E-state index in [0.29, 0.717) is 22.8 Å². The first-order chi connectivity index (χ1) is 12.9. The van der Waals surface area contributed by atoms with Gasteiger partial charge >= 0.3 is 0 Å². The summed E-state index contributed by atoms with van der Waals surface area (Å²) in [5, 5.41) is 32.3. The van der Waals surface area contributed by atoms with Crippen LogP contribution in [0.4, 0.5) is 11.5 Å². The molecule has 0 aliphatic heterocycles. The van der Waals surface area contributed by atoms with Crippen LogP contribution >= 0.6 is 0 Å². The summed E-state index contributed by atoms with van der Waals surface area (Å²) in [5.41, 5.74) is 2.86. The van der Waals surface area contributed by atoms with Crippen LogP contribution in [0.5, 0.6) is 0 Å². The number of hydrogen-bond donors (Lipinski definition) is 0. The molecule has 0 spiro atoms. The molecule has 3 rings (SSSR count). The van der Waals surface area contributed by atoms with E-state index in [1.54, 1.807) is 16.4 Å². The molecule has 148 valence electrons. The normalized spacial score (nSPS) is 13.0. The highest BCUT2D eigenvalue weighted by Crippen LogP contribution is 2.37. The van der Waals surface area contributed by atoms with Gasteiger partial charge in [0.1, 0.15) is 17.5 Å². The van der Waals surface area contributed by atoms with Crippen molar-refractivity contribution in [3.8, 4) is 6.07 Å². The van der Waals surface area contributed by atoms with Crippen molar-refractivity contribution in [3.63, 3.8) is 0 Å². The maximum absolute atomic E-state index is 9.70. The van der Waals surface area contributed by atoms with E-state index < -0.39 is 0 Å². The molecule has 28 heavy (non-hydrogen) atoms. The second-order valence-electron chi connectivity index (χ2n) is 9.10. The van der Waals surface area contributed by atoms with Gasteiger partial charge in [0.15, 0.2) is 17.2 Å². The standard InChI is InChI=1S/C19H27N9/c1-11-23-28-17(26(11)8)13(15(25-28)19(5,6)7)21-22-16-12(10-20)14(18(2,3)4)24-27(16)9/h1-9H3/b22-21+. The van der Waals surface area contributed by atoms with Crippen molar-refractivity contribution in [2.45, 2.75) is 59.3 Å². The smallest absolute Gasteiger partial charge is 0.191 e. The van der Waals surface area contributed by atoms with Gasteiger partial charge in [-0.3, -0.25) is 0 Å². The van der Waals surface area contributed by atoms with Gasteiger partial charge in [0.25, 0.3) is 0 Å². The topological polar surface area (TPSA) is 101 Å². The van der Waals surface area contributed by atoms with Crippen molar-refractivity contribution in [2.75, 3.05) is 0 Å². The Morgan fingerprint density at radius 2 is 1.50 bits per heavy atom. The minimum Gasteiger partial charge on any atom is -0.313 e. The summed E-state index contributed by atoms with van der Waals surface area (Å²) in [7, 11) is 3.70. The number of rotatable bonds is 2. The van der Waals surface area contributed by atoms with Crippen LogP contribution in [0, 0.1) is 18.3 Å². The molecule has 0 saturated carbocycles. The average Bonchev–Trinajstić information content (AvgIpc) is 3.17. The van der Waals surface area contributed by atoms with Gasteiger partial charge in [-0.2, -0.15) is 15.5 Å². The lowest BCUT2D eigenvalue weighted by Gasteiger charge is -2.15.